The summed E-state index contributed by atoms with van der Waals surface area (Å²) in [6.45, 7) is 5.69. The maximum absolute atomic E-state index is 6.05. The Morgan fingerprint density at radius 2 is 2.42 bits per heavy atom. The number of methoxy groups -OCH3 is 1. The second-order valence-electron chi connectivity index (χ2n) is 5.63. The van der Waals surface area contributed by atoms with Gasteiger partial charge in [0.15, 0.2) is 11.6 Å². The number of nitrogens with zero attached hydrogens (tertiary/aromatic N) is 3. The first-order chi connectivity index (χ1) is 11.8. The minimum absolute atomic E-state index is 0.151. The van der Waals surface area contributed by atoms with E-state index in [-0.39, 0.29) is 6.10 Å². The maximum Gasteiger partial charge on any atom is 0.175 e. The topological polar surface area (TPSA) is 56.2 Å². The van der Waals surface area contributed by atoms with Crippen LogP contribution in [0, 0.1) is 0 Å². The van der Waals surface area contributed by atoms with Gasteiger partial charge in [-0.05, 0) is 26.3 Å². The SMILES string of the molecule is C/C=N\C(=C/C)Sc1ccnc2c1OCC1CC(OCOC)CN21. The van der Waals surface area contributed by atoms with Crippen molar-refractivity contribution in [2.75, 3.05) is 32.0 Å². The van der Waals surface area contributed by atoms with Gasteiger partial charge < -0.3 is 19.1 Å². The van der Waals surface area contributed by atoms with Gasteiger partial charge in [-0.15, -0.1) is 0 Å². The van der Waals surface area contributed by atoms with E-state index in [9.17, 15) is 0 Å². The van der Waals surface area contributed by atoms with Crippen molar-refractivity contribution in [3.05, 3.63) is 23.4 Å². The van der Waals surface area contributed by atoms with Gasteiger partial charge in [-0.1, -0.05) is 17.8 Å². The lowest BCUT2D eigenvalue weighted by molar-refractivity contribution is -0.0647. The van der Waals surface area contributed by atoms with Gasteiger partial charge in [0.25, 0.3) is 0 Å². The van der Waals surface area contributed by atoms with Crippen molar-refractivity contribution in [2.24, 2.45) is 4.99 Å². The number of fused-ring (bicyclic) bond motifs is 3. The van der Waals surface area contributed by atoms with Crippen LogP contribution < -0.4 is 9.64 Å². The van der Waals surface area contributed by atoms with Crippen LogP contribution in [-0.4, -0.2) is 50.4 Å². The molecule has 0 N–H and O–H groups in total. The molecular formula is C17H23N3O3S. The van der Waals surface area contributed by atoms with Gasteiger partial charge in [0.2, 0.25) is 0 Å². The highest BCUT2D eigenvalue weighted by atomic mass is 32.2. The molecule has 1 saturated heterocycles. The fourth-order valence-electron chi connectivity index (χ4n) is 3.00. The van der Waals surface area contributed by atoms with Crippen LogP contribution in [0.25, 0.3) is 0 Å². The van der Waals surface area contributed by atoms with E-state index in [0.29, 0.717) is 19.4 Å². The van der Waals surface area contributed by atoms with E-state index in [1.54, 1.807) is 25.1 Å². The Morgan fingerprint density at radius 1 is 1.54 bits per heavy atom. The number of hydrogen-bond donors (Lipinski definition) is 0. The Bertz CT molecular complexity index is 636. The van der Waals surface area contributed by atoms with Crippen molar-refractivity contribution in [1.29, 1.82) is 0 Å². The van der Waals surface area contributed by atoms with E-state index in [1.165, 1.54) is 0 Å². The standard InChI is InChI=1S/C17H23N3O3S/c1-4-15(18-5-2)24-14-6-7-19-17-16(14)22-10-12-8-13(9-20(12)17)23-11-21-3/h4-7,12-13H,8-11H2,1-3H3/b15-4+,18-5-. The number of aliphatic imine (C=N–C) groups is 1. The molecule has 0 saturated carbocycles. The Hall–Kier alpha value is -1.57. The molecule has 1 fully saturated rings. The maximum atomic E-state index is 6.05. The zero-order valence-electron chi connectivity index (χ0n) is 14.3. The zero-order chi connectivity index (χ0) is 16.9. The molecule has 2 aliphatic rings. The molecule has 6 nitrogen and oxygen atoms in total. The Labute approximate surface area is 146 Å². The Morgan fingerprint density at radius 3 is 3.17 bits per heavy atom. The second-order valence-corrected chi connectivity index (χ2v) is 6.69. The first-order valence-electron chi connectivity index (χ1n) is 8.08. The summed E-state index contributed by atoms with van der Waals surface area (Å²) in [5, 5.41) is 0.944. The van der Waals surface area contributed by atoms with Crippen LogP contribution in [0.4, 0.5) is 5.82 Å². The van der Waals surface area contributed by atoms with Crippen molar-refractivity contribution in [3.8, 4) is 5.75 Å². The summed E-state index contributed by atoms with van der Waals surface area (Å²) in [5.74, 6) is 1.74. The van der Waals surface area contributed by atoms with Gasteiger partial charge in [-0.2, -0.15) is 0 Å². The molecule has 0 bridgehead atoms. The second kappa shape index (κ2) is 8.00. The first-order valence-corrected chi connectivity index (χ1v) is 8.90. The third kappa shape index (κ3) is 3.58. The molecule has 1 aromatic rings. The van der Waals surface area contributed by atoms with Crippen LogP contribution in [-0.2, 0) is 9.47 Å². The predicted molar refractivity (Wildman–Crippen MR) is 96.0 cm³/mol. The first kappa shape index (κ1) is 17.3. The number of anilines is 1. The third-order valence-corrected chi connectivity index (χ3v) is 5.15. The van der Waals surface area contributed by atoms with E-state index >= 15 is 0 Å². The third-order valence-electron chi connectivity index (χ3n) is 4.06. The van der Waals surface area contributed by atoms with E-state index in [1.807, 2.05) is 32.2 Å². The van der Waals surface area contributed by atoms with Crippen molar-refractivity contribution in [2.45, 2.75) is 37.3 Å². The average Bonchev–Trinajstić information content (AvgIpc) is 3.03. The van der Waals surface area contributed by atoms with Crippen molar-refractivity contribution in [3.63, 3.8) is 0 Å². The van der Waals surface area contributed by atoms with Crippen LogP contribution in [0.3, 0.4) is 0 Å². The molecule has 2 atom stereocenters. The Kier molecular flexibility index (Phi) is 5.76. The lowest BCUT2D eigenvalue weighted by atomic mass is 10.2. The molecular weight excluding hydrogens is 326 g/mol. The number of hydrogen-bond acceptors (Lipinski definition) is 7. The molecule has 0 spiro atoms. The van der Waals surface area contributed by atoms with Gasteiger partial charge in [0.05, 0.1) is 22.1 Å². The molecule has 3 rings (SSSR count). The number of allylic oxidation sites excluding steroid dienone is 1. The summed E-state index contributed by atoms with van der Waals surface area (Å²) in [4.78, 5) is 12.3. The smallest absolute Gasteiger partial charge is 0.175 e. The number of thioether (sulfide) groups is 1. The van der Waals surface area contributed by atoms with Crippen molar-refractivity contribution in [1.82, 2.24) is 4.98 Å². The van der Waals surface area contributed by atoms with Crippen LogP contribution in [0.5, 0.6) is 5.75 Å². The highest BCUT2D eigenvalue weighted by molar-refractivity contribution is 8.03. The summed E-state index contributed by atoms with van der Waals surface area (Å²) < 4.78 is 16.8. The molecule has 3 heterocycles. The molecule has 2 unspecified atom stereocenters. The molecule has 24 heavy (non-hydrogen) atoms. The van der Waals surface area contributed by atoms with Gasteiger partial charge in [0, 0.05) is 26.1 Å². The molecule has 7 heteroatoms. The lowest BCUT2D eigenvalue weighted by Gasteiger charge is -2.32. The van der Waals surface area contributed by atoms with Crippen molar-refractivity contribution < 1.29 is 14.2 Å². The van der Waals surface area contributed by atoms with Crippen LogP contribution >= 0.6 is 11.8 Å². The summed E-state index contributed by atoms with van der Waals surface area (Å²) in [6.07, 6.45) is 6.71. The minimum Gasteiger partial charge on any atom is -0.486 e. The number of ether oxygens (including phenoxy) is 3. The quantitative estimate of drug-likeness (QED) is 0.447. The average molecular weight is 349 g/mol. The molecule has 130 valence electrons. The molecule has 0 amide bonds. The van der Waals surface area contributed by atoms with E-state index in [2.05, 4.69) is 14.9 Å². The van der Waals surface area contributed by atoms with Crippen LogP contribution in [0.2, 0.25) is 0 Å². The summed E-state index contributed by atoms with van der Waals surface area (Å²) >= 11 is 1.60. The minimum atomic E-state index is 0.151. The van der Waals surface area contributed by atoms with Gasteiger partial charge in [-0.25, -0.2) is 4.98 Å². The number of pyridine rings is 1. The predicted octanol–water partition coefficient (Wildman–Crippen LogP) is 3.09. The van der Waals surface area contributed by atoms with E-state index < -0.39 is 0 Å². The fourth-order valence-corrected chi connectivity index (χ4v) is 3.87. The molecule has 0 radical (unpaired) electrons. The summed E-state index contributed by atoms with van der Waals surface area (Å²) in [6, 6.07) is 2.29. The monoisotopic (exact) mass is 349 g/mol. The highest BCUT2D eigenvalue weighted by Crippen LogP contribution is 2.44. The number of aromatic nitrogens is 1. The van der Waals surface area contributed by atoms with Crippen LogP contribution in [0.1, 0.15) is 20.3 Å². The van der Waals surface area contributed by atoms with E-state index in [4.69, 9.17) is 14.2 Å². The molecule has 0 aliphatic carbocycles. The van der Waals surface area contributed by atoms with Gasteiger partial charge >= 0.3 is 0 Å². The van der Waals surface area contributed by atoms with E-state index in [0.717, 1.165) is 34.5 Å². The van der Waals surface area contributed by atoms with Crippen LogP contribution in [0.15, 0.2) is 33.3 Å². The molecule has 1 aromatic heterocycles. The van der Waals surface area contributed by atoms with Gasteiger partial charge in [-0.3, -0.25) is 4.99 Å². The zero-order valence-corrected chi connectivity index (χ0v) is 15.1. The lowest BCUT2D eigenvalue weighted by Crippen LogP contribution is -2.39. The number of rotatable bonds is 6. The fraction of sp³-hybridized carbons (Fsp3) is 0.529. The van der Waals surface area contributed by atoms with Crippen molar-refractivity contribution >= 4 is 23.8 Å². The normalized spacial score (nSPS) is 23.3. The molecule has 0 aromatic carbocycles. The van der Waals surface area contributed by atoms with Gasteiger partial charge in [0.1, 0.15) is 13.4 Å². The largest absolute Gasteiger partial charge is 0.486 e. The summed E-state index contributed by atoms with van der Waals surface area (Å²) in [7, 11) is 1.64. The Balaban J connectivity index is 1.80. The molecule has 2 aliphatic heterocycles. The highest BCUT2D eigenvalue weighted by Gasteiger charge is 2.39. The summed E-state index contributed by atoms with van der Waals surface area (Å²) in [5.41, 5.74) is 0.